The highest BCUT2D eigenvalue weighted by atomic mass is 79.9. The van der Waals surface area contributed by atoms with Gasteiger partial charge in [-0.25, -0.2) is 4.39 Å². The Hall–Kier alpha value is -1.20. The second-order valence-electron chi connectivity index (χ2n) is 3.80. The minimum atomic E-state index is -1.35. The third kappa shape index (κ3) is 3.17. The van der Waals surface area contributed by atoms with Crippen LogP contribution in [0.1, 0.15) is 5.56 Å². The summed E-state index contributed by atoms with van der Waals surface area (Å²) in [6.07, 6.45) is 0. The smallest absolute Gasteiger partial charge is 0.124 e. The van der Waals surface area contributed by atoms with Crippen LogP contribution >= 0.6 is 15.9 Å². The summed E-state index contributed by atoms with van der Waals surface area (Å²) in [7, 11) is -1.35. The van der Waals surface area contributed by atoms with Gasteiger partial charge in [0.15, 0.2) is 0 Å². The molecule has 2 rings (SSSR count). The molecule has 0 aliphatic heterocycles. The van der Waals surface area contributed by atoms with Crippen LogP contribution in [0.5, 0.6) is 0 Å². The maximum atomic E-state index is 13.1. The molecular weight excluding hydrogens is 317 g/mol. The van der Waals surface area contributed by atoms with E-state index in [-0.39, 0.29) is 0 Å². The molecule has 0 aliphatic carbocycles. The minimum absolute atomic E-state index is 0.313. The van der Waals surface area contributed by atoms with Crippen LogP contribution in [0.15, 0.2) is 51.8 Å². The number of rotatable bonds is 3. The number of hydrogen-bond acceptors (Lipinski definition) is 2. The van der Waals surface area contributed by atoms with Gasteiger partial charge < -0.3 is 5.73 Å². The van der Waals surface area contributed by atoms with Gasteiger partial charge in [-0.15, -0.1) is 0 Å². The molecule has 1 atom stereocenters. The van der Waals surface area contributed by atoms with E-state index in [9.17, 15) is 8.60 Å². The Labute approximate surface area is 116 Å². The van der Waals surface area contributed by atoms with Gasteiger partial charge in [0.1, 0.15) is 5.82 Å². The van der Waals surface area contributed by atoms with Crippen molar-refractivity contribution >= 4 is 32.4 Å². The van der Waals surface area contributed by atoms with Gasteiger partial charge >= 0.3 is 0 Å². The fraction of sp³-hybridized carbons (Fsp3) is 0.0769. The Morgan fingerprint density at radius 3 is 2.72 bits per heavy atom. The summed E-state index contributed by atoms with van der Waals surface area (Å²) in [5, 5.41) is 0. The van der Waals surface area contributed by atoms with Crippen molar-refractivity contribution in [3.8, 4) is 0 Å². The van der Waals surface area contributed by atoms with E-state index in [0.717, 1.165) is 10.0 Å². The van der Waals surface area contributed by atoms with Gasteiger partial charge in [-0.05, 0) is 35.9 Å². The second kappa shape index (κ2) is 5.63. The number of nitrogens with two attached hydrogens (primary N) is 1. The van der Waals surface area contributed by atoms with Crippen molar-refractivity contribution in [3.63, 3.8) is 0 Å². The molecule has 0 amide bonds. The van der Waals surface area contributed by atoms with Gasteiger partial charge in [-0.3, -0.25) is 4.21 Å². The molecule has 1 unspecified atom stereocenters. The summed E-state index contributed by atoms with van der Waals surface area (Å²) in [5.41, 5.74) is 6.97. The van der Waals surface area contributed by atoms with Crippen LogP contribution in [0.4, 0.5) is 10.1 Å². The molecule has 2 nitrogen and oxygen atoms in total. The summed E-state index contributed by atoms with van der Waals surface area (Å²) in [6.45, 7) is 0. The topological polar surface area (TPSA) is 43.1 Å². The summed E-state index contributed by atoms with van der Waals surface area (Å²) < 4.78 is 26.2. The van der Waals surface area contributed by atoms with Crippen LogP contribution in [-0.4, -0.2) is 4.21 Å². The van der Waals surface area contributed by atoms with Gasteiger partial charge in [0, 0.05) is 10.2 Å². The van der Waals surface area contributed by atoms with Crippen molar-refractivity contribution in [1.29, 1.82) is 0 Å². The summed E-state index contributed by atoms with van der Waals surface area (Å²) in [4.78, 5) is 0.343. The van der Waals surface area contributed by atoms with Crippen molar-refractivity contribution in [1.82, 2.24) is 0 Å². The zero-order chi connectivity index (χ0) is 13.1. The highest BCUT2D eigenvalue weighted by Crippen LogP contribution is 2.21. The Morgan fingerprint density at radius 2 is 2.00 bits per heavy atom. The van der Waals surface area contributed by atoms with Gasteiger partial charge in [0.25, 0.3) is 0 Å². The molecule has 2 aromatic rings. The molecule has 0 aliphatic rings. The van der Waals surface area contributed by atoms with E-state index in [4.69, 9.17) is 5.73 Å². The molecule has 0 radical (unpaired) electrons. The van der Waals surface area contributed by atoms with E-state index in [1.165, 1.54) is 18.2 Å². The van der Waals surface area contributed by atoms with Gasteiger partial charge in [-0.1, -0.05) is 28.1 Å². The normalized spacial score (nSPS) is 12.3. The average molecular weight is 328 g/mol. The van der Waals surface area contributed by atoms with Gasteiger partial charge in [0.2, 0.25) is 0 Å². The van der Waals surface area contributed by atoms with E-state index in [1.807, 2.05) is 24.3 Å². The first-order valence-electron chi connectivity index (χ1n) is 5.24. The fourth-order valence-corrected chi connectivity index (χ4v) is 3.22. The van der Waals surface area contributed by atoms with E-state index in [2.05, 4.69) is 15.9 Å². The van der Waals surface area contributed by atoms with Gasteiger partial charge in [0.05, 0.1) is 21.4 Å². The first-order valence-corrected chi connectivity index (χ1v) is 7.35. The number of nitrogen functional groups attached to an aromatic ring is 1. The van der Waals surface area contributed by atoms with Gasteiger partial charge in [-0.2, -0.15) is 0 Å². The number of hydrogen-bond donors (Lipinski definition) is 1. The monoisotopic (exact) mass is 327 g/mol. The molecule has 0 spiro atoms. The van der Waals surface area contributed by atoms with Crippen molar-refractivity contribution in [2.75, 3.05) is 5.73 Å². The first-order chi connectivity index (χ1) is 8.56. The van der Waals surface area contributed by atoms with E-state index in [1.54, 1.807) is 0 Å². The summed E-state index contributed by atoms with van der Waals surface area (Å²) in [5.74, 6) is -0.116. The third-order valence-corrected chi connectivity index (χ3v) is 4.34. The van der Waals surface area contributed by atoms with Crippen molar-refractivity contribution in [3.05, 3.63) is 58.3 Å². The quantitative estimate of drug-likeness (QED) is 0.877. The van der Waals surface area contributed by atoms with E-state index in [0.29, 0.717) is 16.3 Å². The lowest BCUT2D eigenvalue weighted by molar-refractivity contribution is 0.623. The largest absolute Gasteiger partial charge is 0.398 e. The second-order valence-corrected chi connectivity index (χ2v) is 6.14. The first kappa shape index (κ1) is 13.2. The maximum absolute atomic E-state index is 13.1. The SMILES string of the molecule is Nc1ccc(F)cc1S(=O)Cc1cccc(Br)c1. The molecule has 0 bridgehead atoms. The Bertz CT molecular complexity index is 603. The van der Waals surface area contributed by atoms with Crippen LogP contribution in [0, 0.1) is 5.82 Å². The van der Waals surface area contributed by atoms with E-state index >= 15 is 0 Å². The lowest BCUT2D eigenvalue weighted by Gasteiger charge is -2.06. The molecular formula is C13H11BrFNOS. The Balaban J connectivity index is 2.24. The molecule has 0 saturated heterocycles. The van der Waals surface area contributed by atoms with Crippen LogP contribution in [0.2, 0.25) is 0 Å². The predicted molar refractivity (Wildman–Crippen MR) is 75.1 cm³/mol. The number of halogens is 2. The zero-order valence-electron chi connectivity index (χ0n) is 9.40. The molecule has 2 N–H and O–H groups in total. The third-order valence-electron chi connectivity index (χ3n) is 2.41. The fourth-order valence-electron chi connectivity index (χ4n) is 1.56. The standard InChI is InChI=1S/C13H11BrFNOS/c14-10-3-1-2-9(6-10)8-18(17)13-7-11(15)4-5-12(13)16/h1-7H,8,16H2. The molecule has 0 heterocycles. The molecule has 18 heavy (non-hydrogen) atoms. The molecule has 5 heteroatoms. The predicted octanol–water partition coefficient (Wildman–Crippen LogP) is 3.48. The van der Waals surface area contributed by atoms with Crippen LogP contribution in [0.25, 0.3) is 0 Å². The van der Waals surface area contributed by atoms with Crippen molar-refractivity contribution in [2.45, 2.75) is 10.6 Å². The lowest BCUT2D eigenvalue weighted by atomic mass is 10.2. The van der Waals surface area contributed by atoms with Crippen LogP contribution < -0.4 is 5.73 Å². The van der Waals surface area contributed by atoms with Crippen LogP contribution in [-0.2, 0) is 16.6 Å². The van der Waals surface area contributed by atoms with Crippen LogP contribution in [0.3, 0.4) is 0 Å². The van der Waals surface area contributed by atoms with Crippen molar-refractivity contribution < 1.29 is 8.60 Å². The van der Waals surface area contributed by atoms with E-state index < -0.39 is 16.6 Å². The lowest BCUT2D eigenvalue weighted by Crippen LogP contribution is -2.01. The number of anilines is 1. The molecule has 0 aromatic heterocycles. The molecule has 94 valence electrons. The average Bonchev–Trinajstić information content (AvgIpc) is 2.32. The Kier molecular flexibility index (Phi) is 4.14. The zero-order valence-corrected chi connectivity index (χ0v) is 11.8. The Morgan fingerprint density at radius 1 is 1.22 bits per heavy atom. The van der Waals surface area contributed by atoms with Crippen molar-refractivity contribution in [2.24, 2.45) is 0 Å². The molecule has 0 saturated carbocycles. The summed E-state index contributed by atoms with van der Waals surface area (Å²) >= 11 is 3.35. The maximum Gasteiger partial charge on any atom is 0.124 e. The highest BCUT2D eigenvalue weighted by Gasteiger charge is 2.10. The molecule has 0 fully saturated rings. The highest BCUT2D eigenvalue weighted by molar-refractivity contribution is 9.10. The summed E-state index contributed by atoms with van der Waals surface area (Å²) in [6, 6.07) is 11.4. The minimum Gasteiger partial charge on any atom is -0.398 e. The molecule has 2 aromatic carbocycles. The number of benzene rings is 2.